The van der Waals surface area contributed by atoms with Crippen molar-refractivity contribution in [3.05, 3.63) is 117 Å². The zero-order valence-corrected chi connectivity index (χ0v) is 20.8. The number of esters is 2. The molecule has 36 heavy (non-hydrogen) atoms. The number of fused-ring (bicyclic) bond motifs is 2. The summed E-state index contributed by atoms with van der Waals surface area (Å²) in [5.41, 5.74) is 6.41. The Morgan fingerprint density at radius 2 is 1.67 bits per heavy atom. The molecule has 5 rings (SSSR count). The Balaban J connectivity index is 1.75. The first kappa shape index (κ1) is 23.6. The maximum absolute atomic E-state index is 13.9. The average molecular weight is 545 g/mol. The van der Waals surface area contributed by atoms with Gasteiger partial charge in [0.15, 0.2) is 11.2 Å². The number of carbonyl (C=O) groups excluding carboxylic acids is 3. The van der Waals surface area contributed by atoms with Crippen molar-refractivity contribution in [1.82, 2.24) is 0 Å². The number of anilines is 1. The molecule has 180 valence electrons. The second-order valence-electron chi connectivity index (χ2n) is 8.43. The Labute approximate surface area is 215 Å². The number of carbonyl (C=O) groups is 3. The van der Waals surface area contributed by atoms with E-state index in [-0.39, 0.29) is 29.3 Å². The molecule has 0 aromatic heterocycles. The zero-order valence-electron chi connectivity index (χ0n) is 19.2. The van der Waals surface area contributed by atoms with E-state index in [0.717, 1.165) is 5.56 Å². The second-order valence-corrected chi connectivity index (χ2v) is 9.35. The molecule has 3 N–H and O–H groups in total. The van der Waals surface area contributed by atoms with Gasteiger partial charge in [-0.05, 0) is 30.7 Å². The number of rotatable bonds is 5. The van der Waals surface area contributed by atoms with Gasteiger partial charge in [-0.2, -0.15) is 0 Å². The predicted molar refractivity (Wildman–Crippen MR) is 137 cm³/mol. The molecule has 0 fully saturated rings. The molecule has 0 aliphatic carbocycles. The molecule has 0 amide bonds. The van der Waals surface area contributed by atoms with Crippen molar-refractivity contribution in [3.8, 4) is 0 Å². The van der Waals surface area contributed by atoms with E-state index in [1.165, 1.54) is 6.92 Å². The first-order valence-electron chi connectivity index (χ1n) is 11.2. The lowest BCUT2D eigenvalue weighted by molar-refractivity contribution is -0.146. The molecule has 8 heteroatoms. The Kier molecular flexibility index (Phi) is 5.97. The molecule has 1 atom stereocenters. The number of halogens is 1. The highest BCUT2D eigenvalue weighted by molar-refractivity contribution is 9.10. The number of hydrogen-bond donors (Lipinski definition) is 2. The number of cyclic esters (lactones) is 1. The van der Waals surface area contributed by atoms with E-state index in [1.54, 1.807) is 42.5 Å². The number of benzene rings is 3. The van der Waals surface area contributed by atoms with Crippen LogP contribution in [0, 0.1) is 0 Å². The van der Waals surface area contributed by atoms with Crippen LogP contribution in [0.25, 0.3) is 5.76 Å². The molecule has 0 saturated carbocycles. The zero-order chi connectivity index (χ0) is 25.4. The lowest BCUT2D eigenvalue weighted by atomic mass is 9.65. The van der Waals surface area contributed by atoms with Crippen molar-refractivity contribution >= 4 is 45.1 Å². The third kappa shape index (κ3) is 3.70. The fourth-order valence-corrected chi connectivity index (χ4v) is 5.08. The van der Waals surface area contributed by atoms with E-state index in [9.17, 15) is 14.4 Å². The molecule has 0 saturated heterocycles. The van der Waals surface area contributed by atoms with Crippen LogP contribution in [0.1, 0.15) is 23.6 Å². The first-order chi connectivity index (χ1) is 17.3. The first-order valence-corrected chi connectivity index (χ1v) is 11.9. The Hall–Kier alpha value is -4.17. The number of nitrogens with one attached hydrogen (secondary N) is 1. The molecular formula is C28H21BrN2O5. The third-order valence-corrected chi connectivity index (χ3v) is 6.70. The highest BCUT2D eigenvalue weighted by Gasteiger charge is 2.62. The molecule has 0 bridgehead atoms. The number of nitrogens with two attached hydrogens (primary N) is 1. The van der Waals surface area contributed by atoms with Gasteiger partial charge in [-0.3, -0.25) is 4.79 Å². The maximum Gasteiger partial charge on any atom is 0.339 e. The smallest absolute Gasteiger partial charge is 0.339 e. The summed E-state index contributed by atoms with van der Waals surface area (Å²) in [4.78, 5) is 40.8. The minimum Gasteiger partial charge on any atom is -0.457 e. The van der Waals surface area contributed by atoms with Gasteiger partial charge in [0.2, 0.25) is 0 Å². The number of hydrogen-bond acceptors (Lipinski definition) is 7. The predicted octanol–water partition coefficient (Wildman–Crippen LogP) is 4.58. The molecule has 2 heterocycles. The normalized spacial score (nSPS) is 18.6. The van der Waals surface area contributed by atoms with Crippen LogP contribution < -0.4 is 11.1 Å². The van der Waals surface area contributed by atoms with Crippen molar-refractivity contribution in [2.45, 2.75) is 18.9 Å². The number of ether oxygens (including phenoxy) is 2. The maximum atomic E-state index is 13.9. The Morgan fingerprint density at radius 1 is 1.00 bits per heavy atom. The molecule has 1 spiro atoms. The largest absolute Gasteiger partial charge is 0.457 e. The molecule has 0 radical (unpaired) electrons. The molecular weight excluding hydrogens is 524 g/mol. The topological polar surface area (TPSA) is 108 Å². The summed E-state index contributed by atoms with van der Waals surface area (Å²) < 4.78 is 12.0. The van der Waals surface area contributed by atoms with Gasteiger partial charge in [-0.25, -0.2) is 9.59 Å². The van der Waals surface area contributed by atoms with Crippen LogP contribution in [0.5, 0.6) is 0 Å². The van der Waals surface area contributed by atoms with Crippen LogP contribution in [0.4, 0.5) is 5.69 Å². The van der Waals surface area contributed by atoms with Crippen molar-refractivity contribution < 1.29 is 23.9 Å². The summed E-state index contributed by atoms with van der Waals surface area (Å²) in [6, 6.07) is 23.1. The van der Waals surface area contributed by atoms with E-state index >= 15 is 0 Å². The van der Waals surface area contributed by atoms with Gasteiger partial charge in [0, 0.05) is 21.3 Å². The van der Waals surface area contributed by atoms with Gasteiger partial charge in [-0.1, -0.05) is 76.6 Å². The summed E-state index contributed by atoms with van der Waals surface area (Å²) in [7, 11) is 0. The van der Waals surface area contributed by atoms with Gasteiger partial charge in [0.05, 0.1) is 5.57 Å². The van der Waals surface area contributed by atoms with Crippen molar-refractivity contribution in [1.29, 1.82) is 0 Å². The summed E-state index contributed by atoms with van der Waals surface area (Å²) in [6.07, 6.45) is 0. The second kappa shape index (κ2) is 9.13. The van der Waals surface area contributed by atoms with E-state index < -0.39 is 23.1 Å². The van der Waals surface area contributed by atoms with Gasteiger partial charge in [0.1, 0.15) is 23.8 Å². The van der Waals surface area contributed by atoms with Crippen LogP contribution in [-0.4, -0.2) is 17.7 Å². The summed E-state index contributed by atoms with van der Waals surface area (Å²) >= 11 is 3.45. The SMILES string of the molecule is CC(=O)C1=C(c2ccccc2)OC(=O)[C@]12C(C(=O)OCc1ccccc1)=C(N)Nc1ccc(Br)cc12. The number of ketones is 1. The molecule has 2 aliphatic rings. The quantitative estimate of drug-likeness (QED) is 0.452. The van der Waals surface area contributed by atoms with E-state index in [4.69, 9.17) is 15.2 Å². The van der Waals surface area contributed by atoms with Crippen LogP contribution >= 0.6 is 15.9 Å². The van der Waals surface area contributed by atoms with Crippen LogP contribution in [0.15, 0.2) is 100 Å². The molecule has 7 nitrogen and oxygen atoms in total. The molecule has 0 unspecified atom stereocenters. The van der Waals surface area contributed by atoms with Gasteiger partial charge in [-0.15, -0.1) is 0 Å². The molecule has 3 aromatic rings. The standard InChI is InChI=1S/C28H21BrN2O5/c1-16(32)22-24(18-10-6-3-7-11-18)36-27(34)28(22)20-14-19(29)12-13-21(20)31-25(30)23(28)26(33)35-15-17-8-4-2-5-9-17/h2-14,31H,15,30H2,1H3/t28-/m0/s1. The minimum absolute atomic E-state index is 0.0224. The molecule has 2 aliphatic heterocycles. The monoisotopic (exact) mass is 544 g/mol. The third-order valence-electron chi connectivity index (χ3n) is 6.21. The Bertz CT molecular complexity index is 1460. The van der Waals surface area contributed by atoms with E-state index in [1.807, 2.05) is 36.4 Å². The van der Waals surface area contributed by atoms with E-state index in [0.29, 0.717) is 21.3 Å². The van der Waals surface area contributed by atoms with Crippen molar-refractivity contribution in [2.24, 2.45) is 5.73 Å². The fraction of sp³-hybridized carbons (Fsp3) is 0.107. The lowest BCUT2D eigenvalue weighted by Crippen LogP contribution is -2.47. The van der Waals surface area contributed by atoms with Gasteiger partial charge in [0.25, 0.3) is 0 Å². The summed E-state index contributed by atoms with van der Waals surface area (Å²) in [5, 5.41) is 3.00. The van der Waals surface area contributed by atoms with Crippen LogP contribution in [0.3, 0.4) is 0 Å². The number of Topliss-reactive ketones (excluding diaryl/α,β-unsaturated/α-hetero) is 1. The highest BCUT2D eigenvalue weighted by atomic mass is 79.9. The van der Waals surface area contributed by atoms with Crippen molar-refractivity contribution in [3.63, 3.8) is 0 Å². The summed E-state index contributed by atoms with van der Waals surface area (Å²) in [6.45, 7) is 1.29. The van der Waals surface area contributed by atoms with Crippen LogP contribution in [0.2, 0.25) is 0 Å². The van der Waals surface area contributed by atoms with Crippen LogP contribution in [-0.2, 0) is 35.9 Å². The fourth-order valence-electron chi connectivity index (χ4n) is 4.72. The Morgan fingerprint density at radius 3 is 2.33 bits per heavy atom. The van der Waals surface area contributed by atoms with Gasteiger partial charge >= 0.3 is 11.9 Å². The minimum atomic E-state index is -1.92. The van der Waals surface area contributed by atoms with E-state index in [2.05, 4.69) is 21.2 Å². The molecule has 3 aromatic carbocycles. The summed E-state index contributed by atoms with van der Waals surface area (Å²) in [5.74, 6) is -2.08. The van der Waals surface area contributed by atoms with Gasteiger partial charge < -0.3 is 20.5 Å². The van der Waals surface area contributed by atoms with Crippen molar-refractivity contribution in [2.75, 3.05) is 5.32 Å². The lowest BCUT2D eigenvalue weighted by Gasteiger charge is -2.36. The highest BCUT2D eigenvalue weighted by Crippen LogP contribution is 2.54. The average Bonchev–Trinajstić information content (AvgIpc) is 3.17.